The Labute approximate surface area is 158 Å². The Morgan fingerprint density at radius 1 is 0.741 bits per heavy atom. The minimum absolute atomic E-state index is 0.157. The topological polar surface area (TPSA) is 59.0 Å². The third-order valence-electron chi connectivity index (χ3n) is 4.67. The molecule has 0 fully saturated rings. The quantitative estimate of drug-likeness (QED) is 0.718. The van der Waals surface area contributed by atoms with E-state index >= 15 is 0 Å². The number of benzene rings is 3. The van der Waals surface area contributed by atoms with Crippen LogP contribution in [0, 0.1) is 11.3 Å². The van der Waals surface area contributed by atoms with Crippen molar-refractivity contribution in [1.29, 1.82) is 5.26 Å². The highest BCUT2D eigenvalue weighted by Crippen LogP contribution is 2.46. The lowest BCUT2D eigenvalue weighted by Crippen LogP contribution is -2.20. The first kappa shape index (κ1) is 16.7. The highest BCUT2D eigenvalue weighted by Gasteiger charge is 2.34. The summed E-state index contributed by atoms with van der Waals surface area (Å²) >= 11 is 0. The van der Waals surface area contributed by atoms with Crippen LogP contribution in [0.2, 0.25) is 0 Å². The van der Waals surface area contributed by atoms with Crippen molar-refractivity contribution in [1.82, 2.24) is 0 Å². The van der Waals surface area contributed by atoms with Gasteiger partial charge in [-0.2, -0.15) is 5.26 Å². The van der Waals surface area contributed by atoms with E-state index in [1.807, 2.05) is 91.0 Å². The number of hydrogen-bond donors (Lipinski definition) is 1. The van der Waals surface area contributed by atoms with E-state index < -0.39 is 0 Å². The zero-order valence-electron chi connectivity index (χ0n) is 14.7. The smallest absolute Gasteiger partial charge is 0.205 e. The van der Waals surface area contributed by atoms with Gasteiger partial charge in [0.15, 0.2) is 0 Å². The van der Waals surface area contributed by atoms with Crippen LogP contribution in [0.4, 0.5) is 0 Å². The maximum atomic E-state index is 9.82. The van der Waals surface area contributed by atoms with Gasteiger partial charge in [0.1, 0.15) is 17.4 Å². The number of nitrogens with zero attached hydrogens (tertiary/aromatic N) is 1. The van der Waals surface area contributed by atoms with E-state index in [9.17, 15) is 5.26 Å². The molecule has 0 amide bonds. The summed E-state index contributed by atoms with van der Waals surface area (Å²) in [5.74, 6) is 0.555. The Hall–Kier alpha value is -3.77. The number of hydrogen-bond acceptors (Lipinski definition) is 3. The van der Waals surface area contributed by atoms with Gasteiger partial charge in [0, 0.05) is 11.1 Å². The molecule has 0 saturated carbocycles. The second-order valence-corrected chi connectivity index (χ2v) is 6.31. The fraction of sp³-hybridized carbons (Fsp3) is 0.0417. The molecule has 3 aromatic rings. The third-order valence-corrected chi connectivity index (χ3v) is 4.67. The SMILES string of the molecule is N#CC1=C(N)OC(c2ccccc2)=C(c2ccccc2)[C@@H]1c1ccccc1. The second kappa shape index (κ2) is 7.23. The van der Waals surface area contributed by atoms with Gasteiger partial charge in [-0.3, -0.25) is 0 Å². The lowest BCUT2D eigenvalue weighted by molar-refractivity contribution is 0.364. The van der Waals surface area contributed by atoms with Gasteiger partial charge in [-0.05, 0) is 11.1 Å². The number of allylic oxidation sites excluding steroid dienone is 2. The normalized spacial score (nSPS) is 16.6. The van der Waals surface area contributed by atoms with Crippen molar-refractivity contribution in [2.45, 2.75) is 5.92 Å². The third kappa shape index (κ3) is 3.09. The van der Waals surface area contributed by atoms with Crippen LogP contribution in [0.3, 0.4) is 0 Å². The molecule has 2 N–H and O–H groups in total. The van der Waals surface area contributed by atoms with Crippen molar-refractivity contribution < 1.29 is 4.74 Å². The molecule has 1 heterocycles. The molecule has 0 unspecified atom stereocenters. The molecule has 0 aromatic heterocycles. The van der Waals surface area contributed by atoms with Crippen molar-refractivity contribution in [3.05, 3.63) is 119 Å². The zero-order valence-corrected chi connectivity index (χ0v) is 14.7. The summed E-state index contributed by atoms with van der Waals surface area (Å²) in [6.45, 7) is 0. The molecule has 130 valence electrons. The molecular formula is C24H18N2O. The van der Waals surface area contributed by atoms with Crippen LogP contribution < -0.4 is 5.73 Å². The first-order valence-corrected chi connectivity index (χ1v) is 8.77. The van der Waals surface area contributed by atoms with Crippen molar-refractivity contribution in [2.24, 2.45) is 5.73 Å². The average Bonchev–Trinajstić information content (AvgIpc) is 2.75. The number of rotatable bonds is 3. The summed E-state index contributed by atoms with van der Waals surface area (Å²) in [5.41, 5.74) is 10.5. The predicted octanol–water partition coefficient (Wildman–Crippen LogP) is 5.06. The summed E-state index contributed by atoms with van der Waals surface area (Å²) in [6, 6.07) is 32.1. The molecule has 1 atom stereocenters. The van der Waals surface area contributed by atoms with Gasteiger partial charge >= 0.3 is 0 Å². The zero-order chi connectivity index (χ0) is 18.6. The first-order valence-electron chi connectivity index (χ1n) is 8.77. The molecule has 1 aliphatic heterocycles. The van der Waals surface area contributed by atoms with E-state index in [1.54, 1.807) is 0 Å². The lowest BCUT2D eigenvalue weighted by atomic mass is 9.79. The molecule has 3 aromatic carbocycles. The van der Waals surface area contributed by atoms with Crippen LogP contribution in [0.15, 0.2) is 102 Å². The molecule has 0 radical (unpaired) electrons. The van der Waals surface area contributed by atoms with Crippen molar-refractivity contribution in [2.75, 3.05) is 0 Å². The van der Waals surface area contributed by atoms with Crippen LogP contribution in [0.5, 0.6) is 0 Å². The first-order chi connectivity index (χ1) is 13.3. The van der Waals surface area contributed by atoms with Crippen LogP contribution in [0.1, 0.15) is 22.6 Å². The molecule has 0 bridgehead atoms. The van der Waals surface area contributed by atoms with E-state index in [0.29, 0.717) is 11.3 Å². The van der Waals surface area contributed by atoms with E-state index in [-0.39, 0.29) is 11.8 Å². The Bertz CT molecular complexity index is 1050. The highest BCUT2D eigenvalue weighted by atomic mass is 16.5. The van der Waals surface area contributed by atoms with E-state index in [0.717, 1.165) is 22.3 Å². The van der Waals surface area contributed by atoms with Gasteiger partial charge in [-0.15, -0.1) is 0 Å². The molecule has 4 rings (SSSR count). The number of ether oxygens (including phenoxy) is 1. The summed E-state index contributed by atoms with van der Waals surface area (Å²) in [7, 11) is 0. The van der Waals surface area contributed by atoms with E-state index in [2.05, 4.69) is 6.07 Å². The monoisotopic (exact) mass is 350 g/mol. The van der Waals surface area contributed by atoms with Gasteiger partial charge in [-0.25, -0.2) is 0 Å². The Morgan fingerprint density at radius 3 is 1.81 bits per heavy atom. The molecule has 27 heavy (non-hydrogen) atoms. The summed E-state index contributed by atoms with van der Waals surface area (Å²) in [4.78, 5) is 0. The summed E-state index contributed by atoms with van der Waals surface area (Å²) < 4.78 is 6.01. The number of nitriles is 1. The molecule has 0 aliphatic carbocycles. The Morgan fingerprint density at radius 2 is 1.26 bits per heavy atom. The van der Waals surface area contributed by atoms with Gasteiger partial charge in [0.2, 0.25) is 5.88 Å². The minimum Gasteiger partial charge on any atom is -0.440 e. The molecule has 0 saturated heterocycles. The van der Waals surface area contributed by atoms with Crippen molar-refractivity contribution in [3.8, 4) is 6.07 Å². The largest absolute Gasteiger partial charge is 0.440 e. The van der Waals surface area contributed by atoms with E-state index in [1.165, 1.54) is 0 Å². The molecular weight excluding hydrogens is 332 g/mol. The molecule has 1 aliphatic rings. The van der Waals surface area contributed by atoms with Crippen LogP contribution in [-0.4, -0.2) is 0 Å². The summed E-state index contributed by atoms with van der Waals surface area (Å²) in [5, 5.41) is 9.82. The summed E-state index contributed by atoms with van der Waals surface area (Å²) in [6.07, 6.45) is 0. The molecule has 0 spiro atoms. The van der Waals surface area contributed by atoms with Crippen LogP contribution >= 0.6 is 0 Å². The van der Waals surface area contributed by atoms with Crippen molar-refractivity contribution >= 4 is 11.3 Å². The average molecular weight is 350 g/mol. The van der Waals surface area contributed by atoms with E-state index in [4.69, 9.17) is 10.5 Å². The van der Waals surface area contributed by atoms with Crippen LogP contribution in [-0.2, 0) is 4.74 Å². The fourth-order valence-electron chi connectivity index (χ4n) is 3.46. The second-order valence-electron chi connectivity index (χ2n) is 6.31. The van der Waals surface area contributed by atoms with Crippen molar-refractivity contribution in [3.63, 3.8) is 0 Å². The highest BCUT2D eigenvalue weighted by molar-refractivity contribution is 5.94. The van der Waals surface area contributed by atoms with Gasteiger partial charge in [0.25, 0.3) is 0 Å². The van der Waals surface area contributed by atoms with Gasteiger partial charge < -0.3 is 10.5 Å². The maximum Gasteiger partial charge on any atom is 0.205 e. The Kier molecular flexibility index (Phi) is 4.47. The lowest BCUT2D eigenvalue weighted by Gasteiger charge is -2.30. The predicted molar refractivity (Wildman–Crippen MR) is 107 cm³/mol. The molecule has 3 heteroatoms. The standard InChI is InChI=1S/C24H18N2O/c25-16-20-21(17-10-4-1-5-11-17)22(18-12-6-2-7-13-18)23(27-24(20)26)19-14-8-3-9-15-19/h1-15,21H,26H2/t21-/m1/s1. The minimum atomic E-state index is -0.289. The van der Waals surface area contributed by atoms with Gasteiger partial charge in [-0.1, -0.05) is 91.0 Å². The Balaban J connectivity index is 2.03. The fourth-order valence-corrected chi connectivity index (χ4v) is 3.46. The van der Waals surface area contributed by atoms with Crippen LogP contribution in [0.25, 0.3) is 11.3 Å². The molecule has 3 nitrogen and oxygen atoms in total. The number of nitrogens with two attached hydrogens (primary N) is 1. The maximum absolute atomic E-state index is 9.82. The van der Waals surface area contributed by atoms with Gasteiger partial charge in [0.05, 0.1) is 5.92 Å².